The lowest BCUT2D eigenvalue weighted by atomic mass is 10.2. The number of nitrogens with zero attached hydrogens (tertiary/aromatic N) is 3. The molecule has 0 amide bonds. The first-order chi connectivity index (χ1) is 12.9. The summed E-state index contributed by atoms with van der Waals surface area (Å²) >= 11 is 6.07. The van der Waals surface area contributed by atoms with Crippen LogP contribution in [0.5, 0.6) is 5.75 Å². The van der Waals surface area contributed by atoms with Crippen LogP contribution in [0, 0.1) is 24.4 Å². The second-order valence-electron chi connectivity index (χ2n) is 5.44. The fourth-order valence-electron chi connectivity index (χ4n) is 2.23. The van der Waals surface area contributed by atoms with Gasteiger partial charge in [-0.3, -0.25) is 0 Å². The average Bonchev–Trinajstić information content (AvgIpc) is 2.65. The smallest absolute Gasteiger partial charge is 0.249 e. The van der Waals surface area contributed by atoms with Crippen LogP contribution in [0.25, 0.3) is 0 Å². The molecule has 0 aliphatic heterocycles. The largest absolute Gasteiger partial charge is 0.495 e. The minimum Gasteiger partial charge on any atom is -0.495 e. The fourth-order valence-corrected chi connectivity index (χ4v) is 2.38. The minimum atomic E-state index is -1.58. The van der Waals surface area contributed by atoms with Gasteiger partial charge in [0.05, 0.1) is 24.7 Å². The van der Waals surface area contributed by atoms with Gasteiger partial charge in [0.1, 0.15) is 5.75 Å². The minimum absolute atomic E-state index is 0.0714. The molecule has 0 fully saturated rings. The van der Waals surface area contributed by atoms with Gasteiger partial charge in [-0.25, -0.2) is 13.2 Å². The predicted molar refractivity (Wildman–Crippen MR) is 95.4 cm³/mol. The van der Waals surface area contributed by atoms with Gasteiger partial charge in [-0.1, -0.05) is 11.6 Å². The molecule has 0 saturated heterocycles. The Morgan fingerprint density at radius 1 is 1.04 bits per heavy atom. The van der Waals surface area contributed by atoms with E-state index < -0.39 is 17.5 Å². The molecule has 1 heterocycles. The Bertz CT molecular complexity index is 1000. The third-order valence-electron chi connectivity index (χ3n) is 3.58. The molecule has 6 nitrogen and oxygen atoms in total. The van der Waals surface area contributed by atoms with Crippen LogP contribution in [0.15, 0.2) is 30.5 Å². The molecule has 3 rings (SSSR count). The molecule has 1 aromatic heterocycles. The van der Waals surface area contributed by atoms with E-state index in [1.54, 1.807) is 12.1 Å². The van der Waals surface area contributed by atoms with Crippen molar-refractivity contribution in [2.45, 2.75) is 6.92 Å². The molecular formula is C17H13ClF3N5O. The van der Waals surface area contributed by atoms with Gasteiger partial charge in [0.25, 0.3) is 0 Å². The molecule has 27 heavy (non-hydrogen) atoms. The van der Waals surface area contributed by atoms with Crippen LogP contribution in [0.3, 0.4) is 0 Å². The first kappa shape index (κ1) is 18.7. The molecule has 0 radical (unpaired) electrons. The topological polar surface area (TPSA) is 72.0 Å². The van der Waals surface area contributed by atoms with Gasteiger partial charge in [0, 0.05) is 11.1 Å². The van der Waals surface area contributed by atoms with Crippen molar-refractivity contribution in [1.29, 1.82) is 0 Å². The Hall–Kier alpha value is -3.07. The van der Waals surface area contributed by atoms with Crippen molar-refractivity contribution in [2.24, 2.45) is 0 Å². The molecule has 0 unspecified atom stereocenters. The summed E-state index contributed by atoms with van der Waals surface area (Å²) in [6.07, 6.45) is 1.20. The number of halogens is 4. The highest BCUT2D eigenvalue weighted by Crippen LogP contribution is 2.32. The van der Waals surface area contributed by atoms with E-state index in [0.717, 1.165) is 17.7 Å². The van der Waals surface area contributed by atoms with Gasteiger partial charge >= 0.3 is 0 Å². The maximum atomic E-state index is 13.8. The van der Waals surface area contributed by atoms with Crippen molar-refractivity contribution in [2.75, 3.05) is 17.7 Å². The number of ether oxygens (including phenoxy) is 1. The molecule has 0 spiro atoms. The van der Waals surface area contributed by atoms with Crippen molar-refractivity contribution in [1.82, 2.24) is 15.2 Å². The van der Waals surface area contributed by atoms with Gasteiger partial charge in [-0.15, -0.1) is 5.10 Å². The van der Waals surface area contributed by atoms with Crippen molar-refractivity contribution in [3.63, 3.8) is 0 Å². The Morgan fingerprint density at radius 3 is 2.56 bits per heavy atom. The third-order valence-corrected chi connectivity index (χ3v) is 3.99. The number of hydrogen-bond donors (Lipinski definition) is 2. The van der Waals surface area contributed by atoms with Gasteiger partial charge in [0.15, 0.2) is 23.3 Å². The molecule has 10 heteroatoms. The van der Waals surface area contributed by atoms with E-state index in [1.165, 1.54) is 13.3 Å². The molecular weight excluding hydrogens is 383 g/mol. The zero-order chi connectivity index (χ0) is 19.6. The van der Waals surface area contributed by atoms with E-state index in [9.17, 15) is 13.2 Å². The van der Waals surface area contributed by atoms with E-state index in [1.807, 2.05) is 6.92 Å². The second kappa shape index (κ2) is 7.67. The molecule has 0 bridgehead atoms. The van der Waals surface area contributed by atoms with Crippen molar-refractivity contribution in [3.8, 4) is 5.75 Å². The van der Waals surface area contributed by atoms with E-state index in [-0.39, 0.29) is 17.5 Å². The number of aryl methyl sites for hydroxylation is 1. The molecule has 2 aromatic carbocycles. The first-order valence-electron chi connectivity index (χ1n) is 7.60. The molecule has 0 aliphatic carbocycles. The van der Waals surface area contributed by atoms with E-state index in [4.69, 9.17) is 16.3 Å². The summed E-state index contributed by atoms with van der Waals surface area (Å²) in [5, 5.41) is 13.5. The van der Waals surface area contributed by atoms with Gasteiger partial charge in [-0.2, -0.15) is 10.1 Å². The van der Waals surface area contributed by atoms with Crippen molar-refractivity contribution in [3.05, 3.63) is 58.5 Å². The van der Waals surface area contributed by atoms with E-state index in [0.29, 0.717) is 16.5 Å². The highest BCUT2D eigenvalue weighted by Gasteiger charge is 2.15. The Balaban J connectivity index is 1.87. The van der Waals surface area contributed by atoms with Gasteiger partial charge < -0.3 is 15.4 Å². The number of nitrogens with one attached hydrogen (secondary N) is 2. The highest BCUT2D eigenvalue weighted by atomic mass is 35.5. The number of hydrogen-bond acceptors (Lipinski definition) is 6. The Kier molecular flexibility index (Phi) is 5.31. The highest BCUT2D eigenvalue weighted by molar-refractivity contribution is 6.31. The van der Waals surface area contributed by atoms with Crippen LogP contribution in [0.4, 0.5) is 36.3 Å². The lowest BCUT2D eigenvalue weighted by Gasteiger charge is -2.12. The normalized spacial score (nSPS) is 10.6. The maximum absolute atomic E-state index is 13.8. The van der Waals surface area contributed by atoms with Crippen LogP contribution in [0.1, 0.15) is 5.56 Å². The summed E-state index contributed by atoms with van der Waals surface area (Å²) in [5.41, 5.74) is 1.05. The standard InChI is InChI=1S/C17H13ClF3N5O/c1-8-5-12(13(27-2)6-9(8)18)24-17-25-14(7-22-26-17)23-11-4-3-10(19)15(20)16(11)21/h3-7H,1-2H3,(H2,23,24,25,26). The summed E-state index contributed by atoms with van der Waals surface area (Å²) in [7, 11) is 1.48. The van der Waals surface area contributed by atoms with Crippen LogP contribution >= 0.6 is 11.6 Å². The SMILES string of the molecule is COc1cc(Cl)c(C)cc1Nc1nncc(Nc2ccc(F)c(F)c2F)n1. The lowest BCUT2D eigenvalue weighted by Crippen LogP contribution is -2.05. The average molecular weight is 396 g/mol. The predicted octanol–water partition coefficient (Wildman–Crippen LogP) is 4.75. The number of methoxy groups -OCH3 is 1. The number of benzene rings is 2. The Labute approximate surface area is 157 Å². The van der Waals surface area contributed by atoms with E-state index in [2.05, 4.69) is 25.8 Å². The summed E-state index contributed by atoms with van der Waals surface area (Å²) in [4.78, 5) is 4.12. The molecule has 140 valence electrons. The fraction of sp³-hybridized carbons (Fsp3) is 0.118. The molecule has 0 saturated carbocycles. The zero-order valence-electron chi connectivity index (χ0n) is 14.1. The monoisotopic (exact) mass is 395 g/mol. The molecule has 2 N–H and O–H groups in total. The van der Waals surface area contributed by atoms with Crippen LogP contribution in [-0.4, -0.2) is 22.3 Å². The molecule has 0 aliphatic rings. The zero-order valence-corrected chi connectivity index (χ0v) is 14.9. The maximum Gasteiger partial charge on any atom is 0.249 e. The van der Waals surface area contributed by atoms with E-state index >= 15 is 0 Å². The molecule has 3 aromatic rings. The van der Waals surface area contributed by atoms with Gasteiger partial charge in [0.2, 0.25) is 5.95 Å². The second-order valence-corrected chi connectivity index (χ2v) is 5.85. The summed E-state index contributed by atoms with van der Waals surface area (Å²) in [6, 6.07) is 5.22. The summed E-state index contributed by atoms with van der Waals surface area (Å²) < 4.78 is 45.4. The van der Waals surface area contributed by atoms with Crippen LogP contribution < -0.4 is 15.4 Å². The van der Waals surface area contributed by atoms with Crippen molar-refractivity contribution < 1.29 is 17.9 Å². The number of aromatic nitrogens is 3. The third kappa shape index (κ3) is 4.03. The first-order valence-corrected chi connectivity index (χ1v) is 7.98. The number of rotatable bonds is 5. The van der Waals surface area contributed by atoms with Crippen molar-refractivity contribution >= 4 is 34.7 Å². The summed E-state index contributed by atoms with van der Waals surface area (Å²) in [6.45, 7) is 1.82. The lowest BCUT2D eigenvalue weighted by molar-refractivity contribution is 0.416. The number of anilines is 4. The van der Waals surface area contributed by atoms with Crippen LogP contribution in [-0.2, 0) is 0 Å². The summed E-state index contributed by atoms with van der Waals surface area (Å²) in [5.74, 6) is -3.63. The quantitative estimate of drug-likeness (QED) is 0.608. The van der Waals surface area contributed by atoms with Crippen LogP contribution in [0.2, 0.25) is 5.02 Å². The Morgan fingerprint density at radius 2 is 1.81 bits per heavy atom. The molecule has 0 atom stereocenters. The van der Waals surface area contributed by atoms with Gasteiger partial charge in [-0.05, 0) is 30.7 Å².